The van der Waals surface area contributed by atoms with Crippen LogP contribution in [-0.4, -0.2) is 88.5 Å². The van der Waals surface area contributed by atoms with Gasteiger partial charge in [-0.05, 0) is 47.9 Å². The van der Waals surface area contributed by atoms with Crippen LogP contribution < -0.4 is 0 Å². The van der Waals surface area contributed by atoms with Gasteiger partial charge in [0, 0.05) is 44.2 Å². The second kappa shape index (κ2) is 11.5. The van der Waals surface area contributed by atoms with E-state index in [0.717, 1.165) is 28.7 Å². The van der Waals surface area contributed by atoms with Crippen molar-refractivity contribution in [2.24, 2.45) is 0 Å². The number of nitrogens with zero attached hydrogens (tertiary/aromatic N) is 4. The van der Waals surface area contributed by atoms with Crippen molar-refractivity contribution in [1.82, 2.24) is 19.9 Å². The zero-order valence-electron chi connectivity index (χ0n) is 26.6. The van der Waals surface area contributed by atoms with Crippen LogP contribution in [-0.2, 0) is 19.7 Å². The molecule has 2 aromatic carbocycles. The van der Waals surface area contributed by atoms with Gasteiger partial charge in [-0.15, -0.1) is 0 Å². The maximum atomic E-state index is 14.7. The van der Waals surface area contributed by atoms with Crippen molar-refractivity contribution < 1.29 is 45.5 Å². The van der Waals surface area contributed by atoms with E-state index in [2.05, 4.69) is 10.1 Å². The van der Waals surface area contributed by atoms with Crippen molar-refractivity contribution in [2.75, 3.05) is 32.8 Å². The van der Waals surface area contributed by atoms with E-state index in [1.807, 2.05) is 48.5 Å². The number of alkyl halides is 5. The Kier molecular flexibility index (Phi) is 7.54. The second-order valence-electron chi connectivity index (χ2n) is 14.1. The fourth-order valence-electron chi connectivity index (χ4n) is 8.27. The summed E-state index contributed by atoms with van der Waals surface area (Å²) in [6.07, 6.45) is -6.10. The standard InChI is InChI=1S/C35H35F5N4O5/c36-34(37)17-21(18-34)28-41-30(49-42-28)33(35(38,39)40)11-14-43(15-12-33)29(45)27-9-10-32(13-16-48-32)20-44(27)31(46)47-19-26-24-7-3-1-5-22(24)23-6-2-4-8-25(23)26/h1-8,21,26-27H,9-20H2/t27-,32+/m0/s1. The third-order valence-electron chi connectivity index (χ3n) is 11.3. The summed E-state index contributed by atoms with van der Waals surface area (Å²) in [4.78, 5) is 34.5. The lowest BCUT2D eigenvalue weighted by Crippen LogP contribution is -2.64. The van der Waals surface area contributed by atoms with Gasteiger partial charge in [-0.3, -0.25) is 9.69 Å². The quantitative estimate of drug-likeness (QED) is 0.280. The minimum atomic E-state index is -4.79. The van der Waals surface area contributed by atoms with Crippen molar-refractivity contribution in [2.45, 2.75) is 85.9 Å². The van der Waals surface area contributed by atoms with E-state index in [1.54, 1.807) is 0 Å². The number of aromatic nitrogens is 2. The molecule has 0 radical (unpaired) electrons. The first-order valence-electron chi connectivity index (χ1n) is 16.7. The second-order valence-corrected chi connectivity index (χ2v) is 14.1. The number of hydrogen-bond donors (Lipinski definition) is 0. The SMILES string of the molecule is O=C([C@@H]1CC[C@@]2(CCO2)CN1C(=O)OCC1c2ccccc2-c2ccccc21)N1CCC(c2nc(C3CC(F)(F)C3)no2)(C(F)(F)F)CC1. The predicted octanol–water partition coefficient (Wildman–Crippen LogP) is 6.58. The van der Waals surface area contributed by atoms with Crippen LogP contribution in [0.2, 0.25) is 0 Å². The molecule has 2 amide bonds. The maximum Gasteiger partial charge on any atom is 0.410 e. The summed E-state index contributed by atoms with van der Waals surface area (Å²) in [5, 5.41) is 3.62. The number of carbonyl (C=O) groups is 2. The molecule has 0 bridgehead atoms. The van der Waals surface area contributed by atoms with Crippen LogP contribution in [0.3, 0.4) is 0 Å². The predicted molar refractivity (Wildman–Crippen MR) is 163 cm³/mol. The van der Waals surface area contributed by atoms with Gasteiger partial charge in [0.15, 0.2) is 5.82 Å². The molecule has 4 fully saturated rings. The van der Waals surface area contributed by atoms with Gasteiger partial charge in [0.05, 0.1) is 18.8 Å². The molecule has 1 saturated carbocycles. The molecule has 14 heteroatoms. The number of piperidine rings is 2. The Morgan fingerprint density at radius 1 is 0.939 bits per heavy atom. The largest absolute Gasteiger partial charge is 0.448 e. The highest BCUT2D eigenvalue weighted by atomic mass is 19.4. The molecule has 8 rings (SSSR count). The molecule has 0 N–H and O–H groups in total. The van der Waals surface area contributed by atoms with Crippen LogP contribution in [0, 0.1) is 0 Å². The normalized spacial score (nSPS) is 26.1. The summed E-state index contributed by atoms with van der Waals surface area (Å²) in [5.41, 5.74) is 1.14. The van der Waals surface area contributed by atoms with Gasteiger partial charge in [-0.25, -0.2) is 13.6 Å². The molecule has 9 nitrogen and oxygen atoms in total. The fraction of sp³-hybridized carbons (Fsp3) is 0.543. The molecule has 5 aliphatic rings. The summed E-state index contributed by atoms with van der Waals surface area (Å²) >= 11 is 0. The van der Waals surface area contributed by atoms with Gasteiger partial charge in [0.2, 0.25) is 17.7 Å². The molecule has 2 atom stereocenters. The Hall–Kier alpha value is -4.07. The van der Waals surface area contributed by atoms with Crippen LogP contribution in [0.4, 0.5) is 26.7 Å². The van der Waals surface area contributed by atoms with Crippen molar-refractivity contribution in [3.05, 3.63) is 71.4 Å². The number of hydrogen-bond acceptors (Lipinski definition) is 7. The Morgan fingerprint density at radius 3 is 2.14 bits per heavy atom. The molecule has 3 saturated heterocycles. The number of benzene rings is 2. The smallest absolute Gasteiger partial charge is 0.410 e. The lowest BCUT2D eigenvalue weighted by Gasteiger charge is -2.51. The highest BCUT2D eigenvalue weighted by molar-refractivity contribution is 5.86. The molecule has 4 heterocycles. The molecule has 49 heavy (non-hydrogen) atoms. The number of amides is 2. The van der Waals surface area contributed by atoms with Crippen LogP contribution in [0.15, 0.2) is 53.1 Å². The van der Waals surface area contributed by atoms with Gasteiger partial charge >= 0.3 is 12.3 Å². The van der Waals surface area contributed by atoms with Crippen molar-refractivity contribution in [3.63, 3.8) is 0 Å². The highest BCUT2D eigenvalue weighted by Crippen LogP contribution is 2.51. The highest BCUT2D eigenvalue weighted by Gasteiger charge is 2.62. The molecule has 3 aliphatic heterocycles. The van der Waals surface area contributed by atoms with E-state index < -0.39 is 78.6 Å². The lowest BCUT2D eigenvalue weighted by molar-refractivity contribution is -0.211. The number of fused-ring (bicyclic) bond motifs is 3. The number of ether oxygens (including phenoxy) is 2. The minimum absolute atomic E-state index is 0.0562. The number of carbonyl (C=O) groups excluding carboxylic acids is 2. The average molecular weight is 687 g/mol. The molecule has 0 unspecified atom stereocenters. The van der Waals surface area contributed by atoms with Crippen molar-refractivity contribution in [1.29, 1.82) is 0 Å². The molecule has 1 spiro atoms. The van der Waals surface area contributed by atoms with E-state index in [9.17, 15) is 31.5 Å². The number of likely N-dealkylation sites (tertiary alicyclic amines) is 2. The first-order valence-corrected chi connectivity index (χ1v) is 16.7. The molecular formula is C35H35F5N4O5. The molecule has 260 valence electrons. The van der Waals surface area contributed by atoms with Gasteiger partial charge in [-0.2, -0.15) is 18.2 Å². The van der Waals surface area contributed by atoms with E-state index in [1.165, 1.54) is 9.80 Å². The van der Waals surface area contributed by atoms with Gasteiger partial charge in [-0.1, -0.05) is 53.7 Å². The summed E-state index contributed by atoms with van der Waals surface area (Å²) in [6, 6.07) is 15.0. The summed E-state index contributed by atoms with van der Waals surface area (Å²) in [7, 11) is 0. The van der Waals surface area contributed by atoms with Gasteiger partial charge < -0.3 is 18.9 Å². The Labute approximate surface area is 278 Å². The van der Waals surface area contributed by atoms with E-state index >= 15 is 0 Å². The van der Waals surface area contributed by atoms with Crippen LogP contribution in [0.5, 0.6) is 0 Å². The Morgan fingerprint density at radius 2 is 1.57 bits per heavy atom. The van der Waals surface area contributed by atoms with Crippen molar-refractivity contribution in [3.8, 4) is 11.1 Å². The zero-order valence-corrected chi connectivity index (χ0v) is 26.6. The molecule has 1 aromatic heterocycles. The van der Waals surface area contributed by atoms with Crippen molar-refractivity contribution >= 4 is 12.0 Å². The van der Waals surface area contributed by atoms with Crippen LogP contribution in [0.1, 0.15) is 79.6 Å². The molecule has 3 aromatic rings. The zero-order chi connectivity index (χ0) is 34.2. The fourth-order valence-corrected chi connectivity index (χ4v) is 8.27. The molecule has 2 aliphatic carbocycles. The van der Waals surface area contributed by atoms with Gasteiger partial charge in [0.1, 0.15) is 18.1 Å². The lowest BCUT2D eigenvalue weighted by atomic mass is 9.76. The number of rotatable bonds is 5. The Balaban J connectivity index is 0.975. The third kappa shape index (κ3) is 5.37. The third-order valence-corrected chi connectivity index (χ3v) is 11.3. The van der Waals surface area contributed by atoms with E-state index in [0.29, 0.717) is 13.0 Å². The Bertz CT molecular complexity index is 1710. The molecular weight excluding hydrogens is 651 g/mol. The number of halogens is 5. The topological polar surface area (TPSA) is 98.0 Å². The van der Waals surface area contributed by atoms with Crippen LogP contribution >= 0.6 is 0 Å². The minimum Gasteiger partial charge on any atom is -0.448 e. The summed E-state index contributed by atoms with van der Waals surface area (Å²) < 4.78 is 87.6. The van der Waals surface area contributed by atoms with Crippen LogP contribution in [0.25, 0.3) is 11.1 Å². The average Bonchev–Trinajstić information content (AvgIpc) is 3.68. The van der Waals surface area contributed by atoms with E-state index in [-0.39, 0.29) is 44.4 Å². The summed E-state index contributed by atoms with van der Waals surface area (Å²) in [6.45, 7) is 0.206. The first kappa shape index (κ1) is 32.2. The van der Waals surface area contributed by atoms with E-state index in [4.69, 9.17) is 14.0 Å². The van der Waals surface area contributed by atoms with Gasteiger partial charge in [0.25, 0.3) is 0 Å². The summed E-state index contributed by atoms with van der Waals surface area (Å²) in [5.74, 6) is -5.13. The first-order chi connectivity index (χ1) is 23.4. The maximum absolute atomic E-state index is 14.7. The monoisotopic (exact) mass is 686 g/mol.